The van der Waals surface area contributed by atoms with Gasteiger partial charge in [-0.25, -0.2) is 4.98 Å². The van der Waals surface area contributed by atoms with Gasteiger partial charge in [-0.15, -0.1) is 5.10 Å². The van der Waals surface area contributed by atoms with Gasteiger partial charge in [0.15, 0.2) is 0 Å². The van der Waals surface area contributed by atoms with Gasteiger partial charge in [0.05, 0.1) is 5.25 Å². The number of hydrogen-bond donors (Lipinski definition) is 2. The molecule has 1 heterocycles. The largest absolute Gasteiger partial charge is 0.378 e. The minimum atomic E-state index is -0.278. The number of nitrogens with one attached hydrogen (secondary N) is 2. The Labute approximate surface area is 141 Å². The molecule has 0 aliphatic rings. The second-order valence-electron chi connectivity index (χ2n) is 5.85. The number of rotatable bonds is 6. The predicted octanol–water partition coefficient (Wildman–Crippen LogP) is 3.11. The summed E-state index contributed by atoms with van der Waals surface area (Å²) in [6.07, 6.45) is 0. The number of anilines is 2. The highest BCUT2D eigenvalue weighted by atomic mass is 32.2. The average Bonchev–Trinajstić information content (AvgIpc) is 2.96. The van der Waals surface area contributed by atoms with Crippen molar-refractivity contribution < 1.29 is 4.79 Å². The summed E-state index contributed by atoms with van der Waals surface area (Å²) in [4.78, 5) is 18.7. The second-order valence-corrected chi connectivity index (χ2v) is 7.16. The van der Waals surface area contributed by atoms with Crippen LogP contribution in [0.2, 0.25) is 0 Å². The van der Waals surface area contributed by atoms with Crippen molar-refractivity contribution in [1.29, 1.82) is 0 Å². The highest BCUT2D eigenvalue weighted by Gasteiger charge is 2.18. The van der Waals surface area contributed by atoms with Crippen LogP contribution in [0.3, 0.4) is 0 Å². The minimum absolute atomic E-state index is 0.0662. The summed E-state index contributed by atoms with van der Waals surface area (Å²) in [5.41, 5.74) is 1.87. The summed E-state index contributed by atoms with van der Waals surface area (Å²) in [5, 5.41) is 10.3. The number of benzene rings is 1. The molecule has 2 rings (SSSR count). The zero-order valence-electron chi connectivity index (χ0n) is 14.1. The summed E-state index contributed by atoms with van der Waals surface area (Å²) >= 11 is 1.34. The molecule has 0 aliphatic carbocycles. The average molecular weight is 333 g/mol. The Morgan fingerprint density at radius 3 is 2.39 bits per heavy atom. The molecule has 6 nitrogen and oxygen atoms in total. The third-order valence-electron chi connectivity index (χ3n) is 3.33. The molecule has 1 aromatic heterocycles. The van der Waals surface area contributed by atoms with Crippen LogP contribution in [0.25, 0.3) is 0 Å². The van der Waals surface area contributed by atoms with Gasteiger partial charge in [-0.05, 0) is 31.2 Å². The van der Waals surface area contributed by atoms with Crippen molar-refractivity contribution in [3.63, 3.8) is 0 Å². The van der Waals surface area contributed by atoms with E-state index in [1.165, 1.54) is 11.8 Å². The number of aromatic nitrogens is 3. The van der Waals surface area contributed by atoms with Crippen LogP contribution in [0.5, 0.6) is 0 Å². The third kappa shape index (κ3) is 4.72. The number of hydrogen-bond acceptors (Lipinski definition) is 5. The van der Waals surface area contributed by atoms with Gasteiger partial charge >= 0.3 is 0 Å². The van der Waals surface area contributed by atoms with Crippen molar-refractivity contribution in [3.05, 3.63) is 30.1 Å². The predicted molar refractivity (Wildman–Crippen MR) is 95.2 cm³/mol. The Morgan fingerprint density at radius 2 is 1.87 bits per heavy atom. The molecule has 1 aromatic carbocycles. The Hall–Kier alpha value is -2.02. The number of thioether (sulfide) groups is 1. The third-order valence-corrected chi connectivity index (χ3v) is 4.29. The molecule has 124 valence electrons. The van der Waals surface area contributed by atoms with Crippen LogP contribution < -0.4 is 10.2 Å². The Morgan fingerprint density at radius 1 is 1.22 bits per heavy atom. The van der Waals surface area contributed by atoms with Gasteiger partial charge in [-0.1, -0.05) is 25.6 Å². The molecule has 1 unspecified atom stereocenters. The van der Waals surface area contributed by atoms with Crippen LogP contribution in [0.4, 0.5) is 11.4 Å². The van der Waals surface area contributed by atoms with Gasteiger partial charge in [-0.2, -0.15) is 0 Å². The monoisotopic (exact) mass is 333 g/mol. The van der Waals surface area contributed by atoms with Crippen molar-refractivity contribution in [2.75, 3.05) is 24.3 Å². The number of carbonyl (C=O) groups excluding carboxylic acids is 1. The standard InChI is InChI=1S/C16H23N5OS/c1-10(2)14-18-16(20-19-14)23-11(3)15(22)17-12-6-8-13(9-7-12)21(4)5/h6-11H,1-5H3,(H,17,22)(H,18,19,20). The molecule has 0 aliphatic heterocycles. The van der Waals surface area contributed by atoms with Crippen LogP contribution in [0, 0.1) is 0 Å². The molecule has 0 saturated carbocycles. The molecule has 1 amide bonds. The lowest BCUT2D eigenvalue weighted by Gasteiger charge is -2.14. The number of nitrogens with zero attached hydrogens (tertiary/aromatic N) is 3. The molecule has 23 heavy (non-hydrogen) atoms. The van der Waals surface area contributed by atoms with Crippen LogP contribution >= 0.6 is 11.8 Å². The number of carbonyl (C=O) groups is 1. The van der Waals surface area contributed by atoms with Crippen molar-refractivity contribution in [1.82, 2.24) is 15.2 Å². The Balaban J connectivity index is 1.93. The molecule has 0 radical (unpaired) electrons. The summed E-state index contributed by atoms with van der Waals surface area (Å²) in [6, 6.07) is 7.73. The minimum Gasteiger partial charge on any atom is -0.378 e. The summed E-state index contributed by atoms with van der Waals surface area (Å²) in [5.74, 6) is 1.05. The first kappa shape index (κ1) is 17.3. The highest BCUT2D eigenvalue weighted by molar-refractivity contribution is 8.00. The summed E-state index contributed by atoms with van der Waals surface area (Å²) in [7, 11) is 3.96. The van der Waals surface area contributed by atoms with Crippen molar-refractivity contribution >= 4 is 29.0 Å². The lowest BCUT2D eigenvalue weighted by atomic mass is 10.2. The van der Waals surface area contributed by atoms with E-state index >= 15 is 0 Å². The van der Waals surface area contributed by atoms with E-state index in [2.05, 4.69) is 20.5 Å². The molecule has 2 N–H and O–H groups in total. The zero-order chi connectivity index (χ0) is 17.0. The van der Waals surface area contributed by atoms with Crippen LogP contribution in [0.15, 0.2) is 29.4 Å². The maximum Gasteiger partial charge on any atom is 0.237 e. The van der Waals surface area contributed by atoms with Crippen LogP contribution in [-0.2, 0) is 4.79 Å². The van der Waals surface area contributed by atoms with Gasteiger partial charge in [0.1, 0.15) is 5.82 Å². The van der Waals surface area contributed by atoms with Gasteiger partial charge in [0.2, 0.25) is 11.1 Å². The van der Waals surface area contributed by atoms with Crippen LogP contribution in [-0.4, -0.2) is 40.4 Å². The second kappa shape index (κ2) is 7.50. The number of H-pyrrole nitrogens is 1. The van der Waals surface area contributed by atoms with Crippen molar-refractivity contribution in [2.45, 2.75) is 37.1 Å². The van der Waals surface area contributed by atoms with E-state index in [1.54, 1.807) is 0 Å². The van der Waals surface area contributed by atoms with E-state index in [0.717, 1.165) is 17.2 Å². The normalized spacial score (nSPS) is 12.3. The molecule has 0 saturated heterocycles. The lowest BCUT2D eigenvalue weighted by Crippen LogP contribution is -2.22. The van der Waals surface area contributed by atoms with Gasteiger partial charge in [0, 0.05) is 31.4 Å². The van der Waals surface area contributed by atoms with E-state index in [9.17, 15) is 4.79 Å². The summed E-state index contributed by atoms with van der Waals surface area (Å²) in [6.45, 7) is 5.94. The quantitative estimate of drug-likeness (QED) is 0.795. The van der Waals surface area contributed by atoms with E-state index < -0.39 is 0 Å². The van der Waals surface area contributed by atoms with Crippen molar-refractivity contribution in [2.24, 2.45) is 0 Å². The highest BCUT2D eigenvalue weighted by Crippen LogP contribution is 2.23. The van der Waals surface area contributed by atoms with E-state index in [1.807, 2.05) is 64.0 Å². The molecule has 2 aromatic rings. The topological polar surface area (TPSA) is 73.9 Å². The van der Waals surface area contributed by atoms with Crippen LogP contribution in [0.1, 0.15) is 32.5 Å². The zero-order valence-corrected chi connectivity index (χ0v) is 14.9. The first-order valence-electron chi connectivity index (χ1n) is 7.54. The van der Waals surface area contributed by atoms with Gasteiger partial charge < -0.3 is 10.2 Å². The number of amides is 1. The van der Waals surface area contributed by atoms with E-state index in [0.29, 0.717) is 5.16 Å². The maximum atomic E-state index is 12.3. The molecular formula is C16H23N5OS. The lowest BCUT2D eigenvalue weighted by molar-refractivity contribution is -0.115. The van der Waals surface area contributed by atoms with E-state index in [4.69, 9.17) is 0 Å². The first-order chi connectivity index (χ1) is 10.9. The smallest absolute Gasteiger partial charge is 0.237 e. The molecule has 0 spiro atoms. The maximum absolute atomic E-state index is 12.3. The molecule has 0 fully saturated rings. The molecule has 0 bridgehead atoms. The Bertz CT molecular complexity index is 651. The van der Waals surface area contributed by atoms with Gasteiger partial charge in [-0.3, -0.25) is 9.89 Å². The van der Waals surface area contributed by atoms with Crippen molar-refractivity contribution in [3.8, 4) is 0 Å². The fourth-order valence-corrected chi connectivity index (χ4v) is 2.60. The first-order valence-corrected chi connectivity index (χ1v) is 8.42. The fraction of sp³-hybridized carbons (Fsp3) is 0.438. The Kier molecular flexibility index (Phi) is 5.65. The van der Waals surface area contributed by atoms with E-state index in [-0.39, 0.29) is 17.1 Å². The summed E-state index contributed by atoms with van der Waals surface area (Å²) < 4.78 is 0. The SMILES string of the molecule is CC(Sc1n[nH]c(C(C)C)n1)C(=O)Nc1ccc(N(C)C)cc1. The molecule has 7 heteroatoms. The fourth-order valence-electron chi connectivity index (χ4n) is 1.87. The number of aromatic amines is 1. The van der Waals surface area contributed by atoms with Gasteiger partial charge in [0.25, 0.3) is 0 Å². The molecule has 1 atom stereocenters. The molecular weight excluding hydrogens is 310 g/mol.